The topological polar surface area (TPSA) is 82.0 Å². The van der Waals surface area contributed by atoms with Crippen molar-refractivity contribution in [2.75, 3.05) is 36.9 Å². The van der Waals surface area contributed by atoms with Gasteiger partial charge in [-0.1, -0.05) is 25.6 Å². The number of hydrogen-bond donors (Lipinski definition) is 4. The van der Waals surface area contributed by atoms with Crippen molar-refractivity contribution in [1.29, 1.82) is 0 Å². The number of pyridine rings is 1. The molecular weight excluding hydrogens is 360 g/mol. The highest BCUT2D eigenvalue weighted by Crippen LogP contribution is 2.25. The minimum Gasteiger partial charge on any atom is -0.371 e. The Morgan fingerprint density at radius 3 is 2.62 bits per heavy atom. The second-order valence-corrected chi connectivity index (χ2v) is 7.15. The molecule has 0 aliphatic rings. The van der Waals surface area contributed by atoms with Crippen molar-refractivity contribution < 1.29 is 0 Å². The number of H-pyrrole nitrogens is 1. The summed E-state index contributed by atoms with van der Waals surface area (Å²) in [6.07, 6.45) is 2.91. The minimum absolute atomic E-state index is 0.314. The van der Waals surface area contributed by atoms with Gasteiger partial charge in [0.05, 0.1) is 5.52 Å². The second-order valence-electron chi connectivity index (χ2n) is 7.15. The first kappa shape index (κ1) is 20.9. The summed E-state index contributed by atoms with van der Waals surface area (Å²) in [5, 5.41) is 7.77. The molecule has 0 bridgehead atoms. The van der Waals surface area contributed by atoms with Crippen LogP contribution in [0.5, 0.6) is 0 Å². The molecule has 0 aliphatic heterocycles. The summed E-state index contributed by atoms with van der Waals surface area (Å²) in [6, 6.07) is 12.9. The zero-order chi connectivity index (χ0) is 20.8. The smallest absolute Gasteiger partial charge is 0.132 e. The summed E-state index contributed by atoms with van der Waals surface area (Å²) in [5.74, 6) is 0.774. The number of likely N-dealkylation sites (N-methyl/N-ethyl adjacent to an activating group) is 1. The van der Waals surface area contributed by atoms with Crippen molar-refractivity contribution in [2.45, 2.75) is 26.3 Å². The molecule has 0 saturated carbocycles. The van der Waals surface area contributed by atoms with E-state index in [1.54, 1.807) is 0 Å². The first-order chi connectivity index (χ1) is 14.1. The average molecular weight is 393 g/mol. The maximum atomic E-state index is 5.70. The standard InChI is InChI=1S/C23H32N6/c1-5-20(25-4)22-13-18-15-26-23(14-21(18)28-22)27-16(3)17-7-9-19(10-8-17)29(6-2)12-11-24/h7-10,13-15,20,25,28H,3,5-6,11-12,24H2,1-2,4H3,(H,26,27). The molecule has 5 N–H and O–H groups in total. The third-order valence-corrected chi connectivity index (χ3v) is 5.30. The van der Waals surface area contributed by atoms with Gasteiger partial charge in [-0.2, -0.15) is 0 Å². The number of nitrogens with two attached hydrogens (primary N) is 1. The molecule has 1 aromatic carbocycles. The molecule has 0 radical (unpaired) electrons. The van der Waals surface area contributed by atoms with Crippen LogP contribution >= 0.6 is 0 Å². The van der Waals surface area contributed by atoms with E-state index in [1.807, 2.05) is 19.3 Å². The molecule has 0 amide bonds. The zero-order valence-electron chi connectivity index (χ0n) is 17.6. The molecule has 0 aliphatic carbocycles. The van der Waals surface area contributed by atoms with E-state index in [9.17, 15) is 0 Å². The van der Waals surface area contributed by atoms with Gasteiger partial charge in [0.2, 0.25) is 0 Å². The highest BCUT2D eigenvalue weighted by Gasteiger charge is 2.11. The van der Waals surface area contributed by atoms with E-state index in [4.69, 9.17) is 5.73 Å². The van der Waals surface area contributed by atoms with Gasteiger partial charge < -0.3 is 26.3 Å². The van der Waals surface area contributed by atoms with Crippen LogP contribution in [0.15, 0.2) is 49.2 Å². The normalized spacial score (nSPS) is 12.1. The molecular formula is C23H32N6. The quantitative estimate of drug-likeness (QED) is 0.418. The number of nitrogens with zero attached hydrogens (tertiary/aromatic N) is 2. The Morgan fingerprint density at radius 1 is 1.24 bits per heavy atom. The highest BCUT2D eigenvalue weighted by molar-refractivity contribution is 5.84. The van der Waals surface area contributed by atoms with Gasteiger partial charge in [0, 0.05) is 60.4 Å². The van der Waals surface area contributed by atoms with Gasteiger partial charge in [-0.15, -0.1) is 0 Å². The largest absolute Gasteiger partial charge is 0.371 e. The number of fused-ring (bicyclic) bond motifs is 1. The molecule has 3 aromatic rings. The van der Waals surface area contributed by atoms with Gasteiger partial charge in [-0.3, -0.25) is 0 Å². The fraction of sp³-hybridized carbons (Fsp3) is 0.348. The van der Waals surface area contributed by atoms with Crippen molar-refractivity contribution in [3.05, 3.63) is 60.4 Å². The van der Waals surface area contributed by atoms with Crippen molar-refractivity contribution >= 4 is 28.1 Å². The first-order valence-electron chi connectivity index (χ1n) is 10.3. The Morgan fingerprint density at radius 2 is 2.00 bits per heavy atom. The second kappa shape index (κ2) is 9.58. The van der Waals surface area contributed by atoms with Gasteiger partial charge in [0.1, 0.15) is 5.82 Å². The predicted molar refractivity (Wildman–Crippen MR) is 124 cm³/mol. The van der Waals surface area contributed by atoms with Crippen LogP contribution in [0.25, 0.3) is 16.6 Å². The summed E-state index contributed by atoms with van der Waals surface area (Å²) in [7, 11) is 1.98. The van der Waals surface area contributed by atoms with Crippen molar-refractivity contribution in [3.63, 3.8) is 0 Å². The van der Waals surface area contributed by atoms with Crippen molar-refractivity contribution in [3.8, 4) is 0 Å². The third-order valence-electron chi connectivity index (χ3n) is 5.30. The lowest BCUT2D eigenvalue weighted by Crippen LogP contribution is -2.28. The molecule has 1 atom stereocenters. The molecule has 6 nitrogen and oxygen atoms in total. The first-order valence-corrected chi connectivity index (χ1v) is 10.3. The zero-order valence-corrected chi connectivity index (χ0v) is 17.6. The molecule has 3 rings (SSSR count). The number of hydrogen-bond acceptors (Lipinski definition) is 5. The third kappa shape index (κ3) is 4.78. The molecule has 2 aromatic heterocycles. The minimum atomic E-state index is 0.314. The van der Waals surface area contributed by atoms with E-state index in [1.165, 1.54) is 11.4 Å². The van der Waals surface area contributed by atoms with Crippen LogP contribution in [-0.2, 0) is 0 Å². The van der Waals surface area contributed by atoms with Gasteiger partial charge >= 0.3 is 0 Å². The number of aromatic amines is 1. The molecule has 0 fully saturated rings. The van der Waals surface area contributed by atoms with E-state index in [0.29, 0.717) is 12.6 Å². The van der Waals surface area contributed by atoms with Crippen LogP contribution in [0, 0.1) is 0 Å². The van der Waals surface area contributed by atoms with Crippen LogP contribution in [0.2, 0.25) is 0 Å². The fourth-order valence-corrected chi connectivity index (χ4v) is 3.61. The lowest BCUT2D eigenvalue weighted by atomic mass is 10.1. The average Bonchev–Trinajstić information content (AvgIpc) is 3.16. The van der Waals surface area contributed by atoms with E-state index in [2.05, 4.69) is 76.3 Å². The van der Waals surface area contributed by atoms with Crippen LogP contribution in [0.4, 0.5) is 11.5 Å². The van der Waals surface area contributed by atoms with Gasteiger partial charge in [-0.25, -0.2) is 4.98 Å². The Kier molecular flexibility index (Phi) is 6.90. The molecule has 154 valence electrons. The number of anilines is 2. The van der Waals surface area contributed by atoms with Crippen LogP contribution in [0.1, 0.15) is 37.6 Å². The maximum absolute atomic E-state index is 5.70. The van der Waals surface area contributed by atoms with Crippen LogP contribution in [-0.4, -0.2) is 36.6 Å². The summed E-state index contributed by atoms with van der Waals surface area (Å²) < 4.78 is 0. The molecule has 1 unspecified atom stereocenters. The molecule has 29 heavy (non-hydrogen) atoms. The van der Waals surface area contributed by atoms with Crippen molar-refractivity contribution in [2.24, 2.45) is 5.73 Å². The molecule has 0 spiro atoms. The molecule has 0 saturated heterocycles. The predicted octanol–water partition coefficient (Wildman–Crippen LogP) is 4.10. The van der Waals surface area contributed by atoms with E-state index in [-0.39, 0.29) is 0 Å². The Balaban J connectivity index is 1.73. The summed E-state index contributed by atoms with van der Waals surface area (Å²) in [4.78, 5) is 10.3. The Hall–Kier alpha value is -2.83. The lowest BCUT2D eigenvalue weighted by molar-refractivity contribution is 0.565. The lowest BCUT2D eigenvalue weighted by Gasteiger charge is -2.22. The number of aromatic nitrogens is 2. The molecule has 6 heteroatoms. The monoisotopic (exact) mass is 392 g/mol. The van der Waals surface area contributed by atoms with Crippen LogP contribution in [0.3, 0.4) is 0 Å². The van der Waals surface area contributed by atoms with E-state index >= 15 is 0 Å². The highest BCUT2D eigenvalue weighted by atomic mass is 15.1. The molecule has 2 heterocycles. The number of nitrogens with one attached hydrogen (secondary N) is 3. The Labute approximate surface area is 173 Å². The van der Waals surface area contributed by atoms with Gasteiger partial charge in [-0.05, 0) is 44.2 Å². The van der Waals surface area contributed by atoms with Crippen LogP contribution < -0.4 is 21.3 Å². The summed E-state index contributed by atoms with van der Waals surface area (Å²) >= 11 is 0. The van der Waals surface area contributed by atoms with Crippen molar-refractivity contribution in [1.82, 2.24) is 15.3 Å². The van der Waals surface area contributed by atoms with Gasteiger partial charge in [0.25, 0.3) is 0 Å². The Bertz CT molecular complexity index is 940. The summed E-state index contributed by atoms with van der Waals surface area (Å²) in [6.45, 7) is 10.9. The fourth-order valence-electron chi connectivity index (χ4n) is 3.61. The number of benzene rings is 1. The SMILES string of the molecule is C=C(Nc1cc2[nH]c(C(CC)NC)cc2cn1)c1ccc(N(CC)CCN)cc1. The van der Waals surface area contributed by atoms with E-state index < -0.39 is 0 Å². The summed E-state index contributed by atoms with van der Waals surface area (Å²) in [5.41, 5.74) is 11.0. The van der Waals surface area contributed by atoms with E-state index in [0.717, 1.165) is 47.5 Å². The number of rotatable bonds is 10. The maximum Gasteiger partial charge on any atom is 0.132 e. The van der Waals surface area contributed by atoms with Gasteiger partial charge in [0.15, 0.2) is 0 Å².